The molecule has 0 aromatic heterocycles. The van der Waals surface area contributed by atoms with Gasteiger partial charge in [-0.2, -0.15) is 0 Å². The summed E-state index contributed by atoms with van der Waals surface area (Å²) in [5, 5.41) is 6.71. The van der Waals surface area contributed by atoms with Gasteiger partial charge < -0.3 is 10.6 Å². The van der Waals surface area contributed by atoms with E-state index >= 15 is 0 Å². The van der Waals surface area contributed by atoms with Crippen molar-refractivity contribution in [1.82, 2.24) is 10.6 Å². The van der Waals surface area contributed by atoms with Gasteiger partial charge in [-0.1, -0.05) is 49.4 Å². The zero-order valence-corrected chi connectivity index (χ0v) is 14.7. The Hall–Kier alpha value is -1.55. The molecule has 1 aromatic carbocycles. The minimum Gasteiger partial charge on any atom is -0.352 e. The first-order valence-electron chi connectivity index (χ1n) is 8.94. The Kier molecular flexibility index (Phi) is 5.44. The Labute approximate surface area is 148 Å². The molecule has 2 fully saturated rings. The van der Waals surface area contributed by atoms with Gasteiger partial charge in [0.25, 0.3) is 0 Å². The van der Waals surface area contributed by atoms with Gasteiger partial charge in [0.2, 0.25) is 11.8 Å². The van der Waals surface area contributed by atoms with Crippen LogP contribution in [-0.2, 0) is 16.1 Å². The predicted molar refractivity (Wildman–Crippen MR) is 94.6 cm³/mol. The molecule has 4 nitrogen and oxygen atoms in total. The molecule has 5 heteroatoms. The lowest BCUT2D eigenvalue weighted by Crippen LogP contribution is -2.46. The first kappa shape index (κ1) is 17.3. The highest BCUT2D eigenvalue weighted by Crippen LogP contribution is 2.46. The third-order valence-corrected chi connectivity index (χ3v) is 5.43. The van der Waals surface area contributed by atoms with Crippen LogP contribution in [0, 0.1) is 5.41 Å². The summed E-state index contributed by atoms with van der Waals surface area (Å²) in [4.78, 5) is 25.1. The molecule has 0 radical (unpaired) electrons. The fourth-order valence-corrected chi connectivity index (χ4v) is 3.51. The van der Waals surface area contributed by atoms with Crippen molar-refractivity contribution in [3.05, 3.63) is 34.9 Å². The van der Waals surface area contributed by atoms with E-state index in [-0.39, 0.29) is 17.9 Å². The molecule has 130 valence electrons. The molecule has 0 heterocycles. The van der Waals surface area contributed by atoms with Crippen LogP contribution >= 0.6 is 11.6 Å². The number of hydrogen-bond donors (Lipinski definition) is 2. The maximum Gasteiger partial charge on any atom is 0.235 e. The van der Waals surface area contributed by atoms with Crippen molar-refractivity contribution in [1.29, 1.82) is 0 Å². The largest absolute Gasteiger partial charge is 0.352 e. The van der Waals surface area contributed by atoms with Gasteiger partial charge in [0.1, 0.15) is 5.41 Å². The van der Waals surface area contributed by atoms with Crippen LogP contribution in [0.4, 0.5) is 0 Å². The minimum absolute atomic E-state index is 0.0805. The average molecular weight is 349 g/mol. The number of carbonyl (C=O) groups excluding carboxylic acids is 2. The van der Waals surface area contributed by atoms with Crippen LogP contribution in [0.2, 0.25) is 5.02 Å². The molecule has 3 rings (SSSR count). The maximum atomic E-state index is 12.6. The molecule has 1 aromatic rings. The predicted octanol–water partition coefficient (Wildman–Crippen LogP) is 3.58. The van der Waals surface area contributed by atoms with Gasteiger partial charge in [0, 0.05) is 17.6 Å². The zero-order chi connectivity index (χ0) is 17.0. The third kappa shape index (κ3) is 4.10. The molecule has 2 saturated carbocycles. The molecule has 2 amide bonds. The average Bonchev–Trinajstić information content (AvgIpc) is 3.39. The van der Waals surface area contributed by atoms with Crippen molar-refractivity contribution < 1.29 is 9.59 Å². The van der Waals surface area contributed by atoms with Crippen molar-refractivity contribution in [3.8, 4) is 0 Å². The quantitative estimate of drug-likeness (QED) is 0.631. The number of nitrogens with one attached hydrogen (secondary N) is 2. The Morgan fingerprint density at radius 2 is 1.62 bits per heavy atom. The molecule has 0 bridgehead atoms. The normalized spacial score (nSPS) is 20.0. The summed E-state index contributed by atoms with van der Waals surface area (Å²) in [7, 11) is 0. The Balaban J connectivity index is 1.53. The fourth-order valence-electron chi connectivity index (χ4n) is 3.38. The van der Waals surface area contributed by atoms with Gasteiger partial charge in [0.15, 0.2) is 0 Å². The second-order valence-electron chi connectivity index (χ2n) is 7.05. The van der Waals surface area contributed by atoms with Crippen LogP contribution < -0.4 is 10.6 Å². The molecule has 0 aliphatic heterocycles. The summed E-state index contributed by atoms with van der Waals surface area (Å²) in [6.07, 6.45) is 8.21. The van der Waals surface area contributed by atoms with E-state index in [4.69, 9.17) is 11.6 Å². The highest BCUT2D eigenvalue weighted by molar-refractivity contribution is 6.30. The summed E-state index contributed by atoms with van der Waals surface area (Å²) >= 11 is 5.86. The lowest BCUT2D eigenvalue weighted by molar-refractivity contribution is -0.137. The molecule has 2 aliphatic carbocycles. The van der Waals surface area contributed by atoms with E-state index in [9.17, 15) is 9.59 Å². The number of halogens is 1. The first-order valence-corrected chi connectivity index (χ1v) is 9.32. The minimum atomic E-state index is -0.835. The van der Waals surface area contributed by atoms with Crippen molar-refractivity contribution in [2.75, 3.05) is 0 Å². The van der Waals surface area contributed by atoms with Crippen molar-refractivity contribution in [3.63, 3.8) is 0 Å². The maximum absolute atomic E-state index is 12.6. The van der Waals surface area contributed by atoms with E-state index in [0.717, 1.165) is 18.4 Å². The van der Waals surface area contributed by atoms with Crippen LogP contribution in [0.3, 0.4) is 0 Å². The summed E-state index contributed by atoms with van der Waals surface area (Å²) in [5.41, 5.74) is 0.145. The topological polar surface area (TPSA) is 58.2 Å². The molecule has 0 saturated heterocycles. The van der Waals surface area contributed by atoms with E-state index in [0.29, 0.717) is 24.4 Å². The van der Waals surface area contributed by atoms with Crippen molar-refractivity contribution >= 4 is 23.4 Å². The van der Waals surface area contributed by atoms with Gasteiger partial charge >= 0.3 is 0 Å². The lowest BCUT2D eigenvalue weighted by atomic mass is 10.0. The van der Waals surface area contributed by atoms with E-state index < -0.39 is 5.41 Å². The van der Waals surface area contributed by atoms with Crippen LogP contribution in [-0.4, -0.2) is 17.9 Å². The number of benzene rings is 1. The zero-order valence-electron chi connectivity index (χ0n) is 13.9. The number of hydrogen-bond acceptors (Lipinski definition) is 2. The van der Waals surface area contributed by atoms with Gasteiger partial charge in [0.05, 0.1) is 0 Å². The molecule has 2 N–H and O–H groups in total. The van der Waals surface area contributed by atoms with Gasteiger partial charge in [-0.3, -0.25) is 9.59 Å². The first-order chi connectivity index (χ1) is 11.6. The summed E-state index contributed by atoms with van der Waals surface area (Å²) in [5.74, 6) is -0.230. The molecular weight excluding hydrogens is 324 g/mol. The Bertz CT molecular complexity index is 588. The standard InChI is InChI=1S/C19H25ClN2O2/c20-15-9-7-14(8-10-15)13-21-17(23)19(11-12-19)18(24)22-16-5-3-1-2-4-6-16/h7-10,16H,1-6,11-13H2,(H,21,23)(H,22,24). The van der Waals surface area contributed by atoms with Gasteiger partial charge in [-0.15, -0.1) is 0 Å². The fraction of sp³-hybridized carbons (Fsp3) is 0.579. The SMILES string of the molecule is O=C(NCc1ccc(Cl)cc1)C1(C(=O)NC2CCCCCC2)CC1. The second-order valence-corrected chi connectivity index (χ2v) is 7.49. The lowest BCUT2D eigenvalue weighted by Gasteiger charge is -2.21. The molecule has 0 unspecified atom stereocenters. The van der Waals surface area contributed by atoms with E-state index in [2.05, 4.69) is 10.6 Å². The van der Waals surface area contributed by atoms with Crippen molar-refractivity contribution in [2.24, 2.45) is 5.41 Å². The number of rotatable bonds is 5. The second kappa shape index (κ2) is 7.56. The van der Waals surface area contributed by atoms with Gasteiger partial charge in [-0.25, -0.2) is 0 Å². The van der Waals surface area contributed by atoms with E-state index in [1.807, 2.05) is 12.1 Å². The molecule has 2 aliphatic rings. The number of carbonyl (C=O) groups is 2. The van der Waals surface area contributed by atoms with Crippen LogP contribution in [0.25, 0.3) is 0 Å². The highest BCUT2D eigenvalue weighted by atomic mass is 35.5. The number of amides is 2. The van der Waals surface area contributed by atoms with E-state index in [1.54, 1.807) is 12.1 Å². The van der Waals surface area contributed by atoms with Crippen molar-refractivity contribution in [2.45, 2.75) is 64.0 Å². The molecule has 0 atom stereocenters. The molecule has 24 heavy (non-hydrogen) atoms. The highest BCUT2D eigenvalue weighted by Gasteiger charge is 2.56. The monoisotopic (exact) mass is 348 g/mol. The third-order valence-electron chi connectivity index (χ3n) is 5.18. The molecule has 0 spiro atoms. The summed E-state index contributed by atoms with van der Waals surface area (Å²) in [6, 6.07) is 7.60. The van der Waals surface area contributed by atoms with E-state index in [1.165, 1.54) is 25.7 Å². The Morgan fingerprint density at radius 3 is 2.21 bits per heavy atom. The summed E-state index contributed by atoms with van der Waals surface area (Å²) in [6.45, 7) is 0.425. The van der Waals surface area contributed by atoms with Gasteiger partial charge in [-0.05, 0) is 43.4 Å². The smallest absolute Gasteiger partial charge is 0.235 e. The van der Waals surface area contributed by atoms with Crippen LogP contribution in [0.5, 0.6) is 0 Å². The Morgan fingerprint density at radius 1 is 1.00 bits per heavy atom. The summed E-state index contributed by atoms with van der Waals surface area (Å²) < 4.78 is 0. The van der Waals surface area contributed by atoms with Crippen LogP contribution in [0.15, 0.2) is 24.3 Å². The molecular formula is C19H25ClN2O2. The van der Waals surface area contributed by atoms with Crippen LogP contribution in [0.1, 0.15) is 56.9 Å².